The molecule has 0 aliphatic carbocycles. The summed E-state index contributed by atoms with van der Waals surface area (Å²) in [6.45, 7) is -2.59. The fourth-order valence-corrected chi connectivity index (χ4v) is 1.29. The van der Waals surface area contributed by atoms with E-state index in [9.17, 15) is 22.4 Å². The minimum atomic E-state index is -3.50. The first-order chi connectivity index (χ1) is 8.26. The second kappa shape index (κ2) is 5.53. The third-order valence-electron chi connectivity index (χ3n) is 1.99. The molecule has 0 radical (unpaired) electrons. The van der Waals surface area contributed by atoms with E-state index in [0.717, 1.165) is 0 Å². The molecular weight excluding hydrogens is 278 g/mol. The van der Waals surface area contributed by atoms with Crippen LogP contribution in [0, 0.1) is 11.6 Å². The van der Waals surface area contributed by atoms with E-state index in [0.29, 0.717) is 12.1 Å². The van der Waals surface area contributed by atoms with Gasteiger partial charge in [0.25, 0.3) is 11.8 Å². The summed E-state index contributed by atoms with van der Waals surface area (Å²) in [5.41, 5.74) is -0.468. The van der Waals surface area contributed by atoms with E-state index >= 15 is 0 Å². The van der Waals surface area contributed by atoms with Gasteiger partial charge in [0.05, 0.1) is 17.1 Å². The molecule has 0 spiro atoms. The lowest BCUT2D eigenvalue weighted by atomic mass is 10.2. The third-order valence-corrected chi connectivity index (χ3v) is 2.31. The molecule has 18 heavy (non-hydrogen) atoms. The molecule has 1 aromatic rings. The number of alkyl halides is 2. The number of carbonyl (C=O) groups excluding carboxylic acids is 1. The Labute approximate surface area is 104 Å². The number of halogens is 5. The fourth-order valence-electron chi connectivity index (χ4n) is 1.06. The van der Waals surface area contributed by atoms with Crippen molar-refractivity contribution in [2.75, 3.05) is 13.2 Å². The van der Waals surface area contributed by atoms with E-state index in [-0.39, 0.29) is 0 Å². The Balaban J connectivity index is 2.82. The number of aliphatic hydroxyl groups excluding tert-OH is 1. The zero-order valence-corrected chi connectivity index (χ0v) is 9.57. The van der Waals surface area contributed by atoms with Crippen LogP contribution in [0.15, 0.2) is 12.1 Å². The molecule has 100 valence electrons. The number of aliphatic hydroxyl groups is 1. The van der Waals surface area contributed by atoms with E-state index in [4.69, 9.17) is 16.7 Å². The third kappa shape index (κ3) is 3.58. The largest absolute Gasteiger partial charge is 0.390 e. The summed E-state index contributed by atoms with van der Waals surface area (Å²) in [4.78, 5) is 11.4. The van der Waals surface area contributed by atoms with E-state index in [2.05, 4.69) is 0 Å². The Morgan fingerprint density at radius 2 is 1.89 bits per heavy atom. The number of nitrogens with one attached hydrogen (secondary N) is 1. The molecule has 0 fully saturated rings. The van der Waals surface area contributed by atoms with E-state index < -0.39 is 47.2 Å². The molecule has 3 nitrogen and oxygen atoms in total. The van der Waals surface area contributed by atoms with Crippen LogP contribution in [-0.4, -0.2) is 30.1 Å². The number of benzene rings is 1. The van der Waals surface area contributed by atoms with Gasteiger partial charge < -0.3 is 10.4 Å². The molecule has 8 heteroatoms. The van der Waals surface area contributed by atoms with Gasteiger partial charge in [-0.1, -0.05) is 11.6 Å². The maximum Gasteiger partial charge on any atom is 0.287 e. The van der Waals surface area contributed by atoms with Crippen LogP contribution in [0.3, 0.4) is 0 Å². The van der Waals surface area contributed by atoms with Crippen molar-refractivity contribution < 1.29 is 27.5 Å². The molecular formula is C10H8ClF4NO2. The molecule has 0 bridgehead atoms. The van der Waals surface area contributed by atoms with Crippen molar-refractivity contribution in [3.8, 4) is 0 Å². The van der Waals surface area contributed by atoms with Crippen molar-refractivity contribution in [1.29, 1.82) is 0 Å². The Kier molecular flexibility index (Phi) is 4.53. The van der Waals surface area contributed by atoms with Crippen molar-refractivity contribution in [2.45, 2.75) is 5.92 Å². The van der Waals surface area contributed by atoms with Gasteiger partial charge in [-0.25, -0.2) is 17.6 Å². The summed E-state index contributed by atoms with van der Waals surface area (Å²) in [5, 5.41) is 9.63. The summed E-state index contributed by atoms with van der Waals surface area (Å²) in [5.74, 6) is -7.16. The van der Waals surface area contributed by atoms with E-state index in [1.54, 1.807) is 5.32 Å². The summed E-state index contributed by atoms with van der Waals surface area (Å²) in [7, 11) is 0. The van der Waals surface area contributed by atoms with Crippen LogP contribution >= 0.6 is 11.6 Å². The monoisotopic (exact) mass is 285 g/mol. The molecule has 0 aliphatic rings. The summed E-state index contributed by atoms with van der Waals surface area (Å²) < 4.78 is 50.8. The molecule has 0 aromatic heterocycles. The number of carbonyl (C=O) groups is 1. The van der Waals surface area contributed by atoms with Gasteiger partial charge in [0.2, 0.25) is 0 Å². The van der Waals surface area contributed by atoms with Gasteiger partial charge in [-0.2, -0.15) is 0 Å². The van der Waals surface area contributed by atoms with Crippen LogP contribution in [0.5, 0.6) is 0 Å². The van der Waals surface area contributed by atoms with Crippen LogP contribution in [-0.2, 0) is 0 Å². The first-order valence-electron chi connectivity index (χ1n) is 4.68. The van der Waals surface area contributed by atoms with E-state index in [1.165, 1.54) is 0 Å². The lowest BCUT2D eigenvalue weighted by molar-refractivity contribution is -0.0462. The Morgan fingerprint density at radius 3 is 2.44 bits per heavy atom. The average molecular weight is 286 g/mol. The van der Waals surface area contributed by atoms with Crippen molar-refractivity contribution in [3.05, 3.63) is 34.4 Å². The predicted octanol–water partition coefficient (Wildman–Crippen LogP) is 1.98. The van der Waals surface area contributed by atoms with Gasteiger partial charge in [-0.15, -0.1) is 0 Å². The predicted molar refractivity (Wildman–Crippen MR) is 55.7 cm³/mol. The van der Waals surface area contributed by atoms with Crippen LogP contribution in [0.2, 0.25) is 5.02 Å². The number of rotatable bonds is 4. The van der Waals surface area contributed by atoms with Gasteiger partial charge in [0.15, 0.2) is 11.6 Å². The van der Waals surface area contributed by atoms with Gasteiger partial charge in [-0.3, -0.25) is 4.79 Å². The topological polar surface area (TPSA) is 49.3 Å². The zero-order valence-electron chi connectivity index (χ0n) is 8.81. The molecule has 1 amide bonds. The van der Waals surface area contributed by atoms with Crippen LogP contribution in [0.4, 0.5) is 17.6 Å². The molecule has 2 N–H and O–H groups in total. The quantitative estimate of drug-likeness (QED) is 0.656. The SMILES string of the molecule is O=C(NCC(F)(F)CO)c1cc(F)c(F)cc1Cl. The first kappa shape index (κ1) is 14.7. The summed E-state index contributed by atoms with van der Waals surface area (Å²) in [6.07, 6.45) is 0. The maximum atomic E-state index is 12.9. The standard InChI is InChI=1S/C10H8ClF4NO2/c11-6-2-8(13)7(12)1-5(6)9(18)16-3-10(14,15)4-17/h1-2,17H,3-4H2,(H,16,18). The van der Waals surface area contributed by atoms with E-state index in [1.807, 2.05) is 0 Å². The summed E-state index contributed by atoms with van der Waals surface area (Å²) in [6, 6.07) is 1.07. The van der Waals surface area contributed by atoms with Crippen LogP contribution < -0.4 is 5.32 Å². The molecule has 0 unspecified atom stereocenters. The molecule has 1 aromatic carbocycles. The van der Waals surface area contributed by atoms with Crippen molar-refractivity contribution in [1.82, 2.24) is 5.32 Å². The Morgan fingerprint density at radius 1 is 1.33 bits per heavy atom. The summed E-state index contributed by atoms with van der Waals surface area (Å²) >= 11 is 5.48. The van der Waals surface area contributed by atoms with Gasteiger partial charge in [-0.05, 0) is 12.1 Å². The lowest BCUT2D eigenvalue weighted by Gasteiger charge is -2.14. The Hall–Kier alpha value is -1.34. The molecule has 0 atom stereocenters. The first-order valence-corrected chi connectivity index (χ1v) is 5.06. The highest BCUT2D eigenvalue weighted by atomic mass is 35.5. The average Bonchev–Trinajstić information content (AvgIpc) is 2.31. The fraction of sp³-hybridized carbons (Fsp3) is 0.300. The lowest BCUT2D eigenvalue weighted by Crippen LogP contribution is -2.39. The highest BCUT2D eigenvalue weighted by molar-refractivity contribution is 6.33. The maximum absolute atomic E-state index is 12.9. The Bertz CT molecular complexity index is 467. The molecule has 0 saturated carbocycles. The number of hydrogen-bond donors (Lipinski definition) is 2. The normalized spacial score (nSPS) is 11.4. The van der Waals surface area contributed by atoms with Crippen LogP contribution in [0.1, 0.15) is 10.4 Å². The highest BCUT2D eigenvalue weighted by Gasteiger charge is 2.28. The molecule has 1 rings (SSSR count). The second-order valence-electron chi connectivity index (χ2n) is 3.44. The van der Waals surface area contributed by atoms with Gasteiger partial charge >= 0.3 is 0 Å². The highest BCUT2D eigenvalue weighted by Crippen LogP contribution is 2.20. The second-order valence-corrected chi connectivity index (χ2v) is 3.85. The van der Waals surface area contributed by atoms with Gasteiger partial charge in [0.1, 0.15) is 6.61 Å². The smallest absolute Gasteiger partial charge is 0.287 e. The number of amides is 1. The molecule has 0 saturated heterocycles. The van der Waals surface area contributed by atoms with Crippen molar-refractivity contribution in [2.24, 2.45) is 0 Å². The van der Waals surface area contributed by atoms with Crippen LogP contribution in [0.25, 0.3) is 0 Å². The van der Waals surface area contributed by atoms with Crippen molar-refractivity contribution in [3.63, 3.8) is 0 Å². The van der Waals surface area contributed by atoms with Gasteiger partial charge in [0, 0.05) is 0 Å². The molecule has 0 aliphatic heterocycles. The van der Waals surface area contributed by atoms with Crippen molar-refractivity contribution >= 4 is 17.5 Å². The molecule has 0 heterocycles. The minimum absolute atomic E-state index is 0.404. The number of hydrogen-bond acceptors (Lipinski definition) is 2. The minimum Gasteiger partial charge on any atom is -0.390 e. The zero-order chi connectivity index (χ0) is 13.9.